The smallest absolute Gasteiger partial charge is 0.228 e. The van der Waals surface area contributed by atoms with E-state index in [0.717, 1.165) is 11.8 Å². The van der Waals surface area contributed by atoms with Crippen molar-refractivity contribution in [2.45, 2.75) is 18.6 Å². The molecule has 0 bridgehead atoms. The van der Waals surface area contributed by atoms with Crippen LogP contribution in [0.2, 0.25) is 5.02 Å². The average molecular weight is 286 g/mol. The number of phenolic OH excluding ortho intramolecular Hbond substituents is 1. The number of phenols is 1. The first kappa shape index (κ1) is 13.2. The number of hydrogen-bond acceptors (Lipinski definition) is 4. The zero-order chi connectivity index (χ0) is 13.3. The van der Waals surface area contributed by atoms with Crippen molar-refractivity contribution in [3.05, 3.63) is 23.2 Å². The van der Waals surface area contributed by atoms with E-state index in [1.807, 2.05) is 0 Å². The summed E-state index contributed by atoms with van der Waals surface area (Å²) in [6, 6.07) is 4.63. The molecule has 2 rings (SSSR count). The summed E-state index contributed by atoms with van der Waals surface area (Å²) in [4.78, 5) is 24.4. The van der Waals surface area contributed by atoms with E-state index in [-0.39, 0.29) is 22.0 Å². The molecule has 96 valence electrons. The fourth-order valence-corrected chi connectivity index (χ4v) is 3.03. The van der Waals surface area contributed by atoms with Crippen molar-refractivity contribution < 1.29 is 14.7 Å². The molecule has 0 aromatic heterocycles. The highest BCUT2D eigenvalue weighted by Crippen LogP contribution is 2.35. The lowest BCUT2D eigenvalue weighted by atomic mass is 10.2. The van der Waals surface area contributed by atoms with Crippen molar-refractivity contribution in [3.8, 4) is 5.75 Å². The lowest BCUT2D eigenvalue weighted by Crippen LogP contribution is -2.24. The maximum absolute atomic E-state index is 11.9. The Morgan fingerprint density at radius 1 is 1.56 bits per heavy atom. The fourth-order valence-electron chi connectivity index (χ4n) is 1.95. The lowest BCUT2D eigenvalue weighted by Gasteiger charge is -2.17. The van der Waals surface area contributed by atoms with E-state index in [1.54, 1.807) is 12.1 Å². The summed E-state index contributed by atoms with van der Waals surface area (Å²) in [5, 5.41) is 10.1. The van der Waals surface area contributed by atoms with Crippen molar-refractivity contribution in [2.24, 2.45) is 0 Å². The summed E-state index contributed by atoms with van der Waals surface area (Å²) < 4.78 is 0. The first-order valence-electron chi connectivity index (χ1n) is 5.43. The van der Waals surface area contributed by atoms with Gasteiger partial charge in [-0.15, -0.1) is 0 Å². The van der Waals surface area contributed by atoms with Gasteiger partial charge in [0.25, 0.3) is 0 Å². The van der Waals surface area contributed by atoms with Gasteiger partial charge in [-0.25, -0.2) is 0 Å². The molecule has 1 atom stereocenters. The molecule has 1 aliphatic rings. The molecule has 1 N–H and O–H groups in total. The van der Waals surface area contributed by atoms with Crippen LogP contribution in [0, 0.1) is 0 Å². The van der Waals surface area contributed by atoms with Gasteiger partial charge in [0.1, 0.15) is 5.75 Å². The van der Waals surface area contributed by atoms with Gasteiger partial charge in [-0.2, -0.15) is 0 Å². The first-order chi connectivity index (χ1) is 8.47. The minimum absolute atomic E-state index is 0.00465. The molecule has 6 heteroatoms. The molecule has 4 nitrogen and oxygen atoms in total. The van der Waals surface area contributed by atoms with Gasteiger partial charge in [0.05, 0.1) is 5.69 Å². The Morgan fingerprint density at radius 2 is 2.28 bits per heavy atom. The average Bonchev–Trinajstić information content (AvgIpc) is 2.58. The summed E-state index contributed by atoms with van der Waals surface area (Å²) in [6.45, 7) is 1.91. The number of carbonyl (C=O) groups excluding carboxylic acids is 2. The summed E-state index contributed by atoms with van der Waals surface area (Å²) in [5.41, 5.74) is 0.441. The van der Waals surface area contributed by atoms with Gasteiger partial charge in [0, 0.05) is 36.2 Å². The molecule has 1 aromatic carbocycles. The maximum Gasteiger partial charge on any atom is 0.228 e. The predicted molar refractivity (Wildman–Crippen MR) is 72.1 cm³/mol. The molecule has 0 saturated carbocycles. The summed E-state index contributed by atoms with van der Waals surface area (Å²) in [7, 11) is 0. The number of halogens is 1. The standard InChI is InChI=1S/C12H12ClNO3S/c1-7(15)18-9-5-12(17)14(6-9)10-3-2-8(13)4-11(10)16/h2-4,9,16H,5-6H2,1H3. The van der Waals surface area contributed by atoms with E-state index in [9.17, 15) is 14.7 Å². The Balaban J connectivity index is 2.19. The van der Waals surface area contributed by atoms with Crippen LogP contribution in [-0.4, -0.2) is 27.9 Å². The van der Waals surface area contributed by atoms with E-state index in [4.69, 9.17) is 11.6 Å². The van der Waals surface area contributed by atoms with Gasteiger partial charge in [0.2, 0.25) is 5.91 Å². The molecule has 1 aliphatic heterocycles. The van der Waals surface area contributed by atoms with Crippen LogP contribution in [0.1, 0.15) is 13.3 Å². The second-order valence-corrected chi connectivity index (χ2v) is 5.99. The molecule has 1 amide bonds. The third-order valence-corrected chi connectivity index (χ3v) is 3.87. The second kappa shape index (κ2) is 5.20. The van der Waals surface area contributed by atoms with Crippen molar-refractivity contribution in [1.29, 1.82) is 0 Å². The van der Waals surface area contributed by atoms with Crippen LogP contribution in [-0.2, 0) is 9.59 Å². The van der Waals surface area contributed by atoms with Crippen LogP contribution < -0.4 is 4.90 Å². The normalized spacial score (nSPS) is 19.3. The highest BCUT2D eigenvalue weighted by atomic mass is 35.5. The van der Waals surface area contributed by atoms with Crippen LogP contribution >= 0.6 is 23.4 Å². The molecule has 0 spiro atoms. The van der Waals surface area contributed by atoms with Crippen LogP contribution in [0.25, 0.3) is 0 Å². The van der Waals surface area contributed by atoms with Gasteiger partial charge in [-0.1, -0.05) is 23.4 Å². The molecule has 1 unspecified atom stereocenters. The molecule has 0 aliphatic carbocycles. The van der Waals surface area contributed by atoms with Crippen molar-refractivity contribution in [3.63, 3.8) is 0 Å². The molecule has 0 radical (unpaired) electrons. The monoisotopic (exact) mass is 285 g/mol. The summed E-state index contributed by atoms with van der Waals surface area (Å²) in [6.07, 6.45) is 0.312. The maximum atomic E-state index is 11.9. The Morgan fingerprint density at radius 3 is 2.89 bits per heavy atom. The Labute approximate surface area is 114 Å². The van der Waals surface area contributed by atoms with Gasteiger partial charge in [-0.05, 0) is 12.1 Å². The second-order valence-electron chi connectivity index (χ2n) is 4.07. The third-order valence-electron chi connectivity index (χ3n) is 2.65. The molecule has 1 aromatic rings. The molecular weight excluding hydrogens is 274 g/mol. The quantitative estimate of drug-likeness (QED) is 0.907. The Hall–Kier alpha value is -1.20. The van der Waals surface area contributed by atoms with Gasteiger partial charge in [-0.3, -0.25) is 9.59 Å². The number of carbonyl (C=O) groups is 2. The van der Waals surface area contributed by atoms with Crippen LogP contribution in [0.5, 0.6) is 5.75 Å². The molecule has 1 heterocycles. The van der Waals surface area contributed by atoms with Crippen molar-refractivity contribution in [1.82, 2.24) is 0 Å². The van der Waals surface area contributed by atoms with E-state index >= 15 is 0 Å². The highest BCUT2D eigenvalue weighted by Gasteiger charge is 2.33. The summed E-state index contributed by atoms with van der Waals surface area (Å²) >= 11 is 6.91. The minimum Gasteiger partial charge on any atom is -0.506 e. The number of nitrogens with zero attached hydrogens (tertiary/aromatic N) is 1. The minimum atomic E-state index is -0.0913. The third kappa shape index (κ3) is 2.79. The van der Waals surface area contributed by atoms with Crippen molar-refractivity contribution in [2.75, 3.05) is 11.4 Å². The van der Waals surface area contributed by atoms with Crippen LogP contribution in [0.3, 0.4) is 0 Å². The number of amides is 1. The SMILES string of the molecule is CC(=O)SC1CC(=O)N(c2ccc(Cl)cc2O)C1. The van der Waals surface area contributed by atoms with E-state index in [0.29, 0.717) is 23.7 Å². The predicted octanol–water partition coefficient (Wildman–Crippen LogP) is 2.43. The van der Waals surface area contributed by atoms with E-state index < -0.39 is 0 Å². The van der Waals surface area contributed by atoms with Gasteiger partial charge in [0.15, 0.2) is 5.12 Å². The topological polar surface area (TPSA) is 57.6 Å². The number of aromatic hydroxyl groups is 1. The fraction of sp³-hybridized carbons (Fsp3) is 0.333. The number of anilines is 1. The summed E-state index contributed by atoms with van der Waals surface area (Å²) in [5.74, 6) is -0.115. The van der Waals surface area contributed by atoms with Crippen molar-refractivity contribution >= 4 is 40.1 Å². The Bertz CT molecular complexity index is 506. The zero-order valence-electron chi connectivity index (χ0n) is 9.72. The number of thioether (sulfide) groups is 1. The number of hydrogen-bond donors (Lipinski definition) is 1. The highest BCUT2D eigenvalue weighted by molar-refractivity contribution is 8.14. The molecule has 18 heavy (non-hydrogen) atoms. The van der Waals surface area contributed by atoms with E-state index in [1.165, 1.54) is 17.9 Å². The lowest BCUT2D eigenvalue weighted by molar-refractivity contribution is -0.117. The molecular formula is C12H12ClNO3S. The van der Waals surface area contributed by atoms with E-state index in [2.05, 4.69) is 0 Å². The van der Waals surface area contributed by atoms with Crippen LogP contribution in [0.15, 0.2) is 18.2 Å². The number of benzene rings is 1. The molecule has 1 fully saturated rings. The molecule has 1 saturated heterocycles. The number of rotatable bonds is 2. The largest absolute Gasteiger partial charge is 0.506 e. The van der Waals surface area contributed by atoms with Gasteiger partial charge < -0.3 is 10.0 Å². The van der Waals surface area contributed by atoms with Crippen LogP contribution in [0.4, 0.5) is 5.69 Å². The van der Waals surface area contributed by atoms with Gasteiger partial charge >= 0.3 is 0 Å². The first-order valence-corrected chi connectivity index (χ1v) is 6.69. The zero-order valence-corrected chi connectivity index (χ0v) is 11.3. The Kier molecular flexibility index (Phi) is 3.82.